The summed E-state index contributed by atoms with van der Waals surface area (Å²) in [5, 5.41) is 8.99. The molecule has 4 aliphatic rings. The molecule has 4 fully saturated rings. The fraction of sp³-hybridized carbons (Fsp3) is 0.765. The number of nitrogens with zero attached hydrogens (tertiary/aromatic N) is 3. The minimum absolute atomic E-state index is 0.0336. The lowest BCUT2D eigenvalue weighted by atomic mass is 9.79. The molecule has 1 aromatic heterocycles. The van der Waals surface area contributed by atoms with Gasteiger partial charge in [-0.1, -0.05) is 10.9 Å². The number of carbonyl (C=O) groups is 2. The van der Waals surface area contributed by atoms with Crippen LogP contribution in [0.15, 0.2) is 5.38 Å². The van der Waals surface area contributed by atoms with Crippen LogP contribution in [0.5, 0.6) is 0 Å². The summed E-state index contributed by atoms with van der Waals surface area (Å²) in [6.07, 6.45) is 8.75. The lowest BCUT2D eigenvalue weighted by Gasteiger charge is -2.33. The molecule has 1 aromatic rings. The van der Waals surface area contributed by atoms with Crippen LogP contribution in [-0.2, 0) is 4.79 Å². The zero-order valence-corrected chi connectivity index (χ0v) is 14.5. The van der Waals surface area contributed by atoms with E-state index in [2.05, 4.69) is 14.9 Å². The van der Waals surface area contributed by atoms with Gasteiger partial charge < -0.3 is 10.2 Å². The molecule has 3 saturated carbocycles. The first-order chi connectivity index (χ1) is 11.6. The SMILES string of the molecule is O=C(NC1(C2CCCN2C(=O)c2csnn2)CC1)C1CC12CCC2. The van der Waals surface area contributed by atoms with E-state index in [0.29, 0.717) is 11.1 Å². The van der Waals surface area contributed by atoms with E-state index < -0.39 is 0 Å². The number of hydrogen-bond acceptors (Lipinski definition) is 5. The third kappa shape index (κ3) is 2.13. The average Bonchev–Trinajstić information content (AvgIpc) is 3.34. The van der Waals surface area contributed by atoms with Crippen LogP contribution in [0.4, 0.5) is 0 Å². The molecule has 1 saturated heterocycles. The summed E-state index contributed by atoms with van der Waals surface area (Å²) in [4.78, 5) is 27.3. The summed E-state index contributed by atoms with van der Waals surface area (Å²) < 4.78 is 3.80. The predicted molar refractivity (Wildman–Crippen MR) is 88.5 cm³/mol. The minimum Gasteiger partial charge on any atom is -0.348 e. The van der Waals surface area contributed by atoms with E-state index >= 15 is 0 Å². The van der Waals surface area contributed by atoms with E-state index in [-0.39, 0.29) is 29.3 Å². The fourth-order valence-corrected chi connectivity index (χ4v) is 5.33. The van der Waals surface area contributed by atoms with Gasteiger partial charge in [0.1, 0.15) is 0 Å². The van der Waals surface area contributed by atoms with Gasteiger partial charge in [0.25, 0.3) is 5.91 Å². The second kappa shape index (κ2) is 5.00. The lowest BCUT2D eigenvalue weighted by Crippen LogP contribution is -2.53. The topological polar surface area (TPSA) is 75.2 Å². The van der Waals surface area contributed by atoms with Crippen molar-refractivity contribution in [2.45, 2.75) is 62.9 Å². The van der Waals surface area contributed by atoms with Crippen LogP contribution in [0.25, 0.3) is 0 Å². The maximum Gasteiger partial charge on any atom is 0.275 e. The summed E-state index contributed by atoms with van der Waals surface area (Å²) in [7, 11) is 0. The van der Waals surface area contributed by atoms with Crippen molar-refractivity contribution in [3.05, 3.63) is 11.1 Å². The molecular weight excluding hydrogens is 324 g/mol. The van der Waals surface area contributed by atoms with Crippen molar-refractivity contribution < 1.29 is 9.59 Å². The number of carbonyl (C=O) groups excluding carboxylic acids is 2. The van der Waals surface area contributed by atoms with Gasteiger partial charge in [-0.3, -0.25) is 9.59 Å². The van der Waals surface area contributed by atoms with Crippen molar-refractivity contribution in [2.24, 2.45) is 11.3 Å². The van der Waals surface area contributed by atoms with Gasteiger partial charge >= 0.3 is 0 Å². The normalized spacial score (nSPS) is 31.6. The van der Waals surface area contributed by atoms with Gasteiger partial charge in [-0.25, -0.2) is 0 Å². The molecule has 3 aliphatic carbocycles. The van der Waals surface area contributed by atoms with Crippen LogP contribution in [0.1, 0.15) is 61.9 Å². The van der Waals surface area contributed by atoms with E-state index in [0.717, 1.165) is 38.6 Å². The highest BCUT2D eigenvalue weighted by atomic mass is 32.1. The van der Waals surface area contributed by atoms with Gasteiger partial charge in [0.05, 0.1) is 11.6 Å². The molecule has 128 valence electrons. The molecule has 0 bridgehead atoms. The van der Waals surface area contributed by atoms with Crippen LogP contribution in [0.2, 0.25) is 0 Å². The van der Waals surface area contributed by atoms with Gasteiger partial charge in [0.2, 0.25) is 5.91 Å². The summed E-state index contributed by atoms with van der Waals surface area (Å²) in [5.74, 6) is 0.438. The molecule has 1 N–H and O–H groups in total. The van der Waals surface area contributed by atoms with E-state index in [1.807, 2.05) is 4.90 Å². The highest BCUT2D eigenvalue weighted by molar-refractivity contribution is 7.03. The Morgan fingerprint density at radius 1 is 1.25 bits per heavy atom. The van der Waals surface area contributed by atoms with Crippen LogP contribution in [0, 0.1) is 11.3 Å². The molecule has 5 rings (SSSR count). The Morgan fingerprint density at radius 2 is 2.08 bits per heavy atom. The maximum absolute atomic E-state index is 12.7. The summed E-state index contributed by atoms with van der Waals surface area (Å²) in [6, 6.07) is 0.117. The Labute approximate surface area is 145 Å². The number of hydrogen-bond donors (Lipinski definition) is 1. The van der Waals surface area contributed by atoms with E-state index in [1.165, 1.54) is 30.8 Å². The molecule has 1 aliphatic heterocycles. The molecule has 0 radical (unpaired) electrons. The van der Waals surface area contributed by atoms with E-state index in [4.69, 9.17) is 0 Å². The number of aromatic nitrogens is 2. The second-order valence-electron chi connectivity index (χ2n) is 8.06. The van der Waals surface area contributed by atoms with E-state index in [1.54, 1.807) is 5.38 Å². The highest BCUT2D eigenvalue weighted by Crippen LogP contribution is 2.65. The van der Waals surface area contributed by atoms with Gasteiger partial charge in [0.15, 0.2) is 5.69 Å². The van der Waals surface area contributed by atoms with E-state index in [9.17, 15) is 9.59 Å². The third-order valence-electron chi connectivity index (χ3n) is 6.75. The first-order valence-electron chi connectivity index (χ1n) is 9.04. The van der Waals surface area contributed by atoms with Crippen molar-refractivity contribution in [1.29, 1.82) is 0 Å². The predicted octanol–water partition coefficient (Wildman–Crippen LogP) is 1.98. The van der Waals surface area contributed by atoms with Crippen LogP contribution in [-0.4, -0.2) is 44.4 Å². The van der Waals surface area contributed by atoms with Crippen molar-refractivity contribution in [3.8, 4) is 0 Å². The Balaban J connectivity index is 1.29. The molecule has 2 heterocycles. The van der Waals surface area contributed by atoms with Gasteiger partial charge in [-0.15, -0.1) is 5.10 Å². The number of likely N-dealkylation sites (tertiary alicyclic amines) is 1. The smallest absolute Gasteiger partial charge is 0.275 e. The first kappa shape index (κ1) is 14.8. The lowest BCUT2D eigenvalue weighted by molar-refractivity contribution is -0.125. The van der Waals surface area contributed by atoms with Crippen molar-refractivity contribution in [2.75, 3.05) is 6.54 Å². The summed E-state index contributed by atoms with van der Waals surface area (Å²) in [5.41, 5.74) is 0.613. The second-order valence-corrected chi connectivity index (χ2v) is 8.67. The Kier molecular flexibility index (Phi) is 3.09. The van der Waals surface area contributed by atoms with Crippen molar-refractivity contribution >= 4 is 23.3 Å². The van der Waals surface area contributed by atoms with Crippen molar-refractivity contribution in [1.82, 2.24) is 19.8 Å². The molecule has 0 aromatic carbocycles. The first-order valence-corrected chi connectivity index (χ1v) is 9.87. The van der Waals surface area contributed by atoms with Gasteiger partial charge in [-0.2, -0.15) is 0 Å². The number of rotatable bonds is 4. The standard InChI is InChI=1S/C17H22N4O2S/c22-14(11-9-16(11)4-2-5-16)18-17(6-7-17)13-3-1-8-21(13)15(23)12-10-24-20-19-12/h10-11,13H,1-9H2,(H,18,22). The number of nitrogens with one attached hydrogen (secondary N) is 1. The quantitative estimate of drug-likeness (QED) is 0.904. The number of amides is 2. The zero-order chi connectivity index (χ0) is 16.4. The van der Waals surface area contributed by atoms with Crippen LogP contribution >= 0.6 is 11.5 Å². The van der Waals surface area contributed by atoms with Gasteiger partial charge in [-0.05, 0) is 61.9 Å². The monoisotopic (exact) mass is 346 g/mol. The molecule has 2 unspecified atom stereocenters. The molecule has 2 atom stereocenters. The average molecular weight is 346 g/mol. The molecule has 2 amide bonds. The third-order valence-corrected chi connectivity index (χ3v) is 7.25. The van der Waals surface area contributed by atoms with Crippen LogP contribution in [0.3, 0.4) is 0 Å². The summed E-state index contributed by atoms with van der Waals surface area (Å²) in [6.45, 7) is 0.756. The largest absolute Gasteiger partial charge is 0.348 e. The van der Waals surface area contributed by atoms with Crippen molar-refractivity contribution in [3.63, 3.8) is 0 Å². The Hall–Kier alpha value is -1.50. The maximum atomic E-state index is 12.7. The Bertz CT molecular complexity index is 681. The molecule has 6 nitrogen and oxygen atoms in total. The minimum atomic E-state index is -0.180. The Morgan fingerprint density at radius 3 is 2.67 bits per heavy atom. The molecular formula is C17H22N4O2S. The fourth-order valence-electron chi connectivity index (χ4n) is 4.90. The summed E-state index contributed by atoms with van der Waals surface area (Å²) >= 11 is 1.20. The molecule has 24 heavy (non-hydrogen) atoms. The molecule has 7 heteroatoms. The van der Waals surface area contributed by atoms with Gasteiger partial charge in [0, 0.05) is 17.8 Å². The van der Waals surface area contributed by atoms with Crippen LogP contribution < -0.4 is 5.32 Å². The zero-order valence-electron chi connectivity index (χ0n) is 13.7. The highest BCUT2D eigenvalue weighted by Gasteiger charge is 2.63. The molecule has 1 spiro atoms.